The molecule has 1 amide bonds. The van der Waals surface area contributed by atoms with E-state index in [2.05, 4.69) is 38.0 Å². The van der Waals surface area contributed by atoms with Crippen molar-refractivity contribution in [1.29, 1.82) is 0 Å². The zero-order chi connectivity index (χ0) is 20.3. The number of carbonyl (C=O) groups is 1. The lowest BCUT2D eigenvalue weighted by atomic mass is 10.1. The van der Waals surface area contributed by atoms with E-state index in [0.29, 0.717) is 22.0 Å². The number of nitrogens with one attached hydrogen (secondary N) is 1. The highest BCUT2D eigenvalue weighted by Gasteiger charge is 2.23. The molecule has 1 saturated heterocycles. The number of anilines is 2. The van der Waals surface area contributed by atoms with Crippen LogP contribution >= 0.6 is 27.5 Å². The first-order chi connectivity index (χ1) is 13.4. The maximum atomic E-state index is 13.1. The Morgan fingerprint density at radius 1 is 1.25 bits per heavy atom. The SMILES string of the molecule is CCN1CCN(c2c(Cl)cccc2NC(=O)c2cc(Br)cc(C)c2OC)CC1. The molecular weight excluding hydrogens is 442 g/mol. The van der Waals surface area contributed by atoms with Crippen LogP contribution < -0.4 is 15.0 Å². The summed E-state index contributed by atoms with van der Waals surface area (Å²) < 4.78 is 6.29. The number of hydrogen-bond donors (Lipinski definition) is 1. The van der Waals surface area contributed by atoms with Crippen molar-refractivity contribution in [3.8, 4) is 5.75 Å². The van der Waals surface area contributed by atoms with E-state index in [1.165, 1.54) is 0 Å². The van der Waals surface area contributed by atoms with Gasteiger partial charge in [0.15, 0.2) is 0 Å². The molecule has 0 spiro atoms. The standard InChI is InChI=1S/C21H25BrClN3O2/c1-4-25-8-10-26(11-9-25)19-17(23)6-5-7-18(19)24-21(27)16-13-15(22)12-14(2)20(16)28-3/h5-7,12-13H,4,8-11H2,1-3H3,(H,24,27). The number of methoxy groups -OCH3 is 1. The molecule has 1 N–H and O–H groups in total. The van der Waals surface area contributed by atoms with Crippen LogP contribution in [0.2, 0.25) is 5.02 Å². The van der Waals surface area contributed by atoms with Gasteiger partial charge in [-0.2, -0.15) is 0 Å². The van der Waals surface area contributed by atoms with Gasteiger partial charge in [0.25, 0.3) is 5.91 Å². The minimum atomic E-state index is -0.225. The minimum absolute atomic E-state index is 0.225. The molecule has 3 rings (SSSR count). The van der Waals surface area contributed by atoms with Crippen molar-refractivity contribution in [2.24, 2.45) is 0 Å². The number of likely N-dealkylation sites (N-methyl/N-ethyl adjacent to an activating group) is 1. The maximum Gasteiger partial charge on any atom is 0.259 e. The van der Waals surface area contributed by atoms with E-state index >= 15 is 0 Å². The zero-order valence-corrected chi connectivity index (χ0v) is 18.7. The highest BCUT2D eigenvalue weighted by molar-refractivity contribution is 9.10. The molecule has 0 radical (unpaired) electrons. The van der Waals surface area contributed by atoms with E-state index in [4.69, 9.17) is 16.3 Å². The average Bonchev–Trinajstić information content (AvgIpc) is 2.68. The van der Waals surface area contributed by atoms with Crippen LogP contribution in [0, 0.1) is 6.92 Å². The summed E-state index contributed by atoms with van der Waals surface area (Å²) in [6, 6.07) is 9.30. The molecule has 7 heteroatoms. The summed E-state index contributed by atoms with van der Waals surface area (Å²) in [5.41, 5.74) is 2.96. The summed E-state index contributed by atoms with van der Waals surface area (Å²) in [5, 5.41) is 3.68. The van der Waals surface area contributed by atoms with E-state index in [1.807, 2.05) is 31.2 Å². The summed E-state index contributed by atoms with van der Waals surface area (Å²) in [5.74, 6) is 0.345. The van der Waals surface area contributed by atoms with Crippen LogP contribution in [0.5, 0.6) is 5.75 Å². The first-order valence-corrected chi connectivity index (χ1v) is 10.5. The van der Waals surface area contributed by atoms with Gasteiger partial charge in [-0.3, -0.25) is 4.79 Å². The lowest BCUT2D eigenvalue weighted by molar-refractivity contribution is 0.102. The summed E-state index contributed by atoms with van der Waals surface area (Å²) in [6.45, 7) is 8.84. The van der Waals surface area contributed by atoms with Crippen LogP contribution in [0.1, 0.15) is 22.8 Å². The molecule has 5 nitrogen and oxygen atoms in total. The fourth-order valence-electron chi connectivity index (χ4n) is 3.58. The molecule has 0 bridgehead atoms. The highest BCUT2D eigenvalue weighted by atomic mass is 79.9. The molecule has 2 aromatic carbocycles. The highest BCUT2D eigenvalue weighted by Crippen LogP contribution is 2.36. The number of hydrogen-bond acceptors (Lipinski definition) is 4. The predicted octanol–water partition coefficient (Wildman–Crippen LogP) is 4.81. The van der Waals surface area contributed by atoms with Gasteiger partial charge in [0.05, 0.1) is 29.1 Å². The lowest BCUT2D eigenvalue weighted by Gasteiger charge is -2.36. The predicted molar refractivity (Wildman–Crippen MR) is 119 cm³/mol. The van der Waals surface area contributed by atoms with Crippen molar-refractivity contribution in [2.45, 2.75) is 13.8 Å². The maximum absolute atomic E-state index is 13.1. The molecule has 1 aliphatic rings. The number of aryl methyl sites for hydroxylation is 1. The van der Waals surface area contributed by atoms with Crippen LogP contribution in [0.25, 0.3) is 0 Å². The van der Waals surface area contributed by atoms with Crippen molar-refractivity contribution in [3.05, 3.63) is 51.0 Å². The Hall–Kier alpha value is -1.76. The second kappa shape index (κ2) is 9.16. The van der Waals surface area contributed by atoms with Crippen LogP contribution in [0.3, 0.4) is 0 Å². The third-order valence-electron chi connectivity index (χ3n) is 5.06. The van der Waals surface area contributed by atoms with Crippen molar-refractivity contribution >= 4 is 44.8 Å². The molecule has 28 heavy (non-hydrogen) atoms. The Kier molecular flexibility index (Phi) is 6.86. The molecule has 0 unspecified atom stereocenters. The van der Waals surface area contributed by atoms with Gasteiger partial charge in [0, 0.05) is 30.7 Å². The Morgan fingerprint density at radius 2 is 1.96 bits per heavy atom. The number of benzene rings is 2. The summed E-state index contributed by atoms with van der Waals surface area (Å²) >= 11 is 9.99. The Labute approximate surface area is 179 Å². The van der Waals surface area contributed by atoms with Crippen molar-refractivity contribution in [1.82, 2.24) is 4.90 Å². The molecule has 0 aliphatic carbocycles. The molecule has 1 heterocycles. The molecular formula is C21H25BrClN3O2. The Balaban J connectivity index is 1.90. The van der Waals surface area contributed by atoms with Crippen molar-refractivity contribution < 1.29 is 9.53 Å². The van der Waals surface area contributed by atoms with Crippen LogP contribution in [-0.4, -0.2) is 50.6 Å². The van der Waals surface area contributed by atoms with Gasteiger partial charge in [0.2, 0.25) is 0 Å². The number of carbonyl (C=O) groups excluding carboxylic acids is 1. The van der Waals surface area contributed by atoms with E-state index < -0.39 is 0 Å². The Bertz CT molecular complexity index is 867. The van der Waals surface area contributed by atoms with Crippen LogP contribution in [0.4, 0.5) is 11.4 Å². The second-order valence-electron chi connectivity index (χ2n) is 6.81. The smallest absolute Gasteiger partial charge is 0.259 e. The molecule has 2 aromatic rings. The molecule has 0 aromatic heterocycles. The molecule has 1 aliphatic heterocycles. The molecule has 0 atom stereocenters. The number of amides is 1. The third kappa shape index (κ3) is 4.45. The quantitative estimate of drug-likeness (QED) is 0.686. The first kappa shape index (κ1) is 21.0. The lowest BCUT2D eigenvalue weighted by Crippen LogP contribution is -2.46. The fourth-order valence-corrected chi connectivity index (χ4v) is 4.45. The van der Waals surface area contributed by atoms with Gasteiger partial charge in [-0.05, 0) is 43.3 Å². The summed E-state index contributed by atoms with van der Waals surface area (Å²) in [4.78, 5) is 17.7. The third-order valence-corrected chi connectivity index (χ3v) is 5.82. The topological polar surface area (TPSA) is 44.8 Å². The van der Waals surface area contributed by atoms with Crippen molar-refractivity contribution in [3.63, 3.8) is 0 Å². The number of nitrogens with zero attached hydrogens (tertiary/aromatic N) is 2. The van der Waals surface area contributed by atoms with Crippen LogP contribution in [0.15, 0.2) is 34.8 Å². The van der Waals surface area contributed by atoms with Gasteiger partial charge in [-0.1, -0.05) is 40.5 Å². The molecule has 0 saturated carbocycles. The summed E-state index contributed by atoms with van der Waals surface area (Å²) in [7, 11) is 1.57. The van der Waals surface area contributed by atoms with Gasteiger partial charge in [-0.25, -0.2) is 0 Å². The second-order valence-corrected chi connectivity index (χ2v) is 8.14. The van der Waals surface area contributed by atoms with E-state index in [-0.39, 0.29) is 5.91 Å². The number of rotatable bonds is 5. The fraction of sp³-hybridized carbons (Fsp3) is 0.381. The summed E-state index contributed by atoms with van der Waals surface area (Å²) in [6.07, 6.45) is 0. The van der Waals surface area contributed by atoms with Gasteiger partial charge >= 0.3 is 0 Å². The number of ether oxygens (including phenoxy) is 1. The van der Waals surface area contributed by atoms with Gasteiger partial charge < -0.3 is 19.9 Å². The number of piperazine rings is 1. The minimum Gasteiger partial charge on any atom is -0.496 e. The zero-order valence-electron chi connectivity index (χ0n) is 16.4. The first-order valence-electron chi connectivity index (χ1n) is 9.36. The monoisotopic (exact) mass is 465 g/mol. The van der Waals surface area contributed by atoms with Crippen LogP contribution in [-0.2, 0) is 0 Å². The average molecular weight is 467 g/mol. The number of para-hydroxylation sites is 1. The van der Waals surface area contributed by atoms with E-state index in [9.17, 15) is 4.79 Å². The normalized spacial score (nSPS) is 14.8. The van der Waals surface area contributed by atoms with E-state index in [1.54, 1.807) is 13.2 Å². The van der Waals surface area contributed by atoms with Crippen molar-refractivity contribution in [2.75, 3.05) is 50.1 Å². The number of halogens is 2. The van der Waals surface area contributed by atoms with Gasteiger partial charge in [0.1, 0.15) is 5.75 Å². The largest absolute Gasteiger partial charge is 0.496 e. The molecule has 150 valence electrons. The molecule has 1 fully saturated rings. The van der Waals surface area contributed by atoms with Gasteiger partial charge in [-0.15, -0.1) is 0 Å². The van der Waals surface area contributed by atoms with E-state index in [0.717, 1.165) is 48.4 Å². The Morgan fingerprint density at radius 3 is 2.61 bits per heavy atom.